The molecule has 1 aliphatic carbocycles. The number of halogens is 1. The molecule has 0 aromatic heterocycles. The molecule has 0 radical (unpaired) electrons. The van der Waals surface area contributed by atoms with Crippen molar-refractivity contribution < 1.29 is 22.7 Å². The van der Waals surface area contributed by atoms with Gasteiger partial charge in [0.25, 0.3) is 0 Å². The molecule has 1 aromatic carbocycles. The van der Waals surface area contributed by atoms with Gasteiger partial charge in [-0.25, -0.2) is 13.2 Å². The highest BCUT2D eigenvalue weighted by Crippen LogP contribution is 2.33. The Kier molecular flexibility index (Phi) is 10.8. The van der Waals surface area contributed by atoms with Crippen LogP contribution in [-0.4, -0.2) is 74.8 Å². The monoisotopic (exact) mass is 596 g/mol. The van der Waals surface area contributed by atoms with Crippen molar-refractivity contribution in [2.75, 3.05) is 26.0 Å². The molecule has 2 heterocycles. The second kappa shape index (κ2) is 13.9. The summed E-state index contributed by atoms with van der Waals surface area (Å²) in [7, 11) is -1.94. The average Bonchev–Trinajstić information content (AvgIpc) is 3.04. The van der Waals surface area contributed by atoms with E-state index in [1.165, 1.54) is 7.11 Å². The van der Waals surface area contributed by atoms with E-state index in [0.717, 1.165) is 50.5 Å². The predicted octanol–water partition coefficient (Wildman–Crippen LogP) is 4.03. The van der Waals surface area contributed by atoms with Crippen LogP contribution in [0.15, 0.2) is 24.3 Å². The third-order valence-electron chi connectivity index (χ3n) is 8.94. The van der Waals surface area contributed by atoms with Gasteiger partial charge in [-0.05, 0) is 68.1 Å². The Bertz CT molecular complexity index is 1120. The molecule has 40 heavy (non-hydrogen) atoms. The number of hydrogen-bond acceptors (Lipinski definition) is 6. The van der Waals surface area contributed by atoms with E-state index < -0.39 is 22.2 Å². The first-order chi connectivity index (χ1) is 19.1. The number of ether oxygens (including phenoxy) is 1. The fraction of sp³-hybridized carbons (Fsp3) is 0.724. The summed E-state index contributed by atoms with van der Waals surface area (Å²) in [4.78, 5) is 26.2. The summed E-state index contributed by atoms with van der Waals surface area (Å²) in [6.07, 6.45) is 6.51. The second-order valence-corrected chi connectivity index (χ2v) is 14.4. The Morgan fingerprint density at radius 2 is 1.82 bits per heavy atom. The first kappa shape index (κ1) is 31.1. The van der Waals surface area contributed by atoms with Crippen molar-refractivity contribution in [3.63, 3.8) is 0 Å². The van der Waals surface area contributed by atoms with Crippen LogP contribution in [0.1, 0.15) is 76.7 Å². The van der Waals surface area contributed by atoms with Gasteiger partial charge in [-0.1, -0.05) is 50.4 Å². The number of sulfonamides is 1. The minimum absolute atomic E-state index is 0.0359. The van der Waals surface area contributed by atoms with Crippen molar-refractivity contribution in [2.45, 2.75) is 95.3 Å². The lowest BCUT2D eigenvalue weighted by Gasteiger charge is -2.40. The Labute approximate surface area is 244 Å². The van der Waals surface area contributed by atoms with E-state index in [9.17, 15) is 18.0 Å². The topological polar surface area (TPSA) is 117 Å². The van der Waals surface area contributed by atoms with Gasteiger partial charge in [0.05, 0.1) is 12.9 Å². The Balaban J connectivity index is 1.47. The van der Waals surface area contributed by atoms with Crippen LogP contribution < -0.4 is 16.0 Å². The molecule has 2 saturated heterocycles. The zero-order valence-corrected chi connectivity index (χ0v) is 25.5. The quantitative estimate of drug-likeness (QED) is 0.396. The molecule has 3 N–H and O–H groups in total. The van der Waals surface area contributed by atoms with E-state index in [0.29, 0.717) is 24.5 Å². The molecular weight excluding hydrogens is 552 g/mol. The Morgan fingerprint density at radius 1 is 1.10 bits per heavy atom. The van der Waals surface area contributed by atoms with E-state index in [2.05, 4.69) is 16.0 Å². The molecule has 11 heteroatoms. The number of carbonyl (C=O) groups is 2. The van der Waals surface area contributed by atoms with Crippen LogP contribution in [-0.2, 0) is 19.6 Å². The molecule has 2 bridgehead atoms. The fourth-order valence-corrected chi connectivity index (χ4v) is 8.75. The lowest BCUT2D eigenvalue weighted by atomic mass is 9.79. The van der Waals surface area contributed by atoms with Crippen LogP contribution in [0.5, 0.6) is 0 Å². The molecule has 3 aliphatic rings. The van der Waals surface area contributed by atoms with Crippen molar-refractivity contribution in [1.29, 1.82) is 0 Å². The Hall–Kier alpha value is -1.88. The summed E-state index contributed by atoms with van der Waals surface area (Å²) in [5, 5.41) is 10.3. The number of amides is 2. The lowest BCUT2D eigenvalue weighted by Crippen LogP contribution is -2.57. The second-order valence-electron chi connectivity index (χ2n) is 12.0. The van der Waals surface area contributed by atoms with Crippen LogP contribution in [0.25, 0.3) is 0 Å². The van der Waals surface area contributed by atoms with E-state index in [4.69, 9.17) is 16.3 Å². The summed E-state index contributed by atoms with van der Waals surface area (Å²) >= 11 is 6.12. The molecule has 1 unspecified atom stereocenters. The van der Waals surface area contributed by atoms with Crippen LogP contribution >= 0.6 is 11.6 Å². The summed E-state index contributed by atoms with van der Waals surface area (Å²) in [5.74, 6) is 0.00991. The number of methoxy groups -OCH3 is 1. The molecule has 0 spiro atoms. The summed E-state index contributed by atoms with van der Waals surface area (Å²) in [5.41, 5.74) is 0.915. The molecule has 224 valence electrons. The predicted molar refractivity (Wildman–Crippen MR) is 157 cm³/mol. The van der Waals surface area contributed by atoms with Crippen molar-refractivity contribution in [2.24, 2.45) is 11.8 Å². The van der Waals surface area contributed by atoms with Gasteiger partial charge < -0.3 is 20.7 Å². The third-order valence-corrected chi connectivity index (χ3v) is 11.2. The lowest BCUT2D eigenvalue weighted by molar-refractivity contribution is -0.125. The van der Waals surface area contributed by atoms with Gasteiger partial charge in [0.2, 0.25) is 15.9 Å². The minimum Gasteiger partial charge on any atom is -0.453 e. The molecule has 3 fully saturated rings. The highest BCUT2D eigenvalue weighted by Gasteiger charge is 2.40. The van der Waals surface area contributed by atoms with Gasteiger partial charge in [-0.15, -0.1) is 0 Å². The largest absolute Gasteiger partial charge is 0.453 e. The smallest absolute Gasteiger partial charge is 0.407 e. The third kappa shape index (κ3) is 7.69. The van der Waals surface area contributed by atoms with Gasteiger partial charge in [0.1, 0.15) is 6.04 Å². The molecule has 4 rings (SSSR count). The number of nitrogens with zero attached hydrogens (tertiary/aromatic N) is 1. The fourth-order valence-electron chi connectivity index (χ4n) is 6.82. The van der Waals surface area contributed by atoms with E-state index in [1.807, 2.05) is 26.0 Å². The molecule has 7 atom stereocenters. The first-order valence-electron chi connectivity index (χ1n) is 14.7. The number of rotatable bonds is 9. The van der Waals surface area contributed by atoms with Crippen molar-refractivity contribution in [3.8, 4) is 0 Å². The van der Waals surface area contributed by atoms with E-state index >= 15 is 0 Å². The maximum atomic E-state index is 13.9. The van der Waals surface area contributed by atoms with Gasteiger partial charge in [0, 0.05) is 42.2 Å². The molecule has 2 aliphatic heterocycles. The summed E-state index contributed by atoms with van der Waals surface area (Å²) in [6, 6.07) is 6.71. The number of hydrogen-bond donors (Lipinski definition) is 3. The van der Waals surface area contributed by atoms with Gasteiger partial charge >= 0.3 is 6.09 Å². The molecule has 9 nitrogen and oxygen atoms in total. The van der Waals surface area contributed by atoms with Crippen molar-refractivity contribution >= 4 is 33.6 Å². The molecule has 2 amide bonds. The number of alkyl carbamates (subject to hydrolysis) is 1. The normalized spacial score (nSPS) is 29.6. The van der Waals surface area contributed by atoms with Crippen LogP contribution in [0.4, 0.5) is 4.79 Å². The first-order valence-corrected chi connectivity index (χ1v) is 16.7. The molecule has 1 aromatic rings. The maximum Gasteiger partial charge on any atom is 0.407 e. The average molecular weight is 597 g/mol. The molecule has 1 saturated carbocycles. The van der Waals surface area contributed by atoms with Gasteiger partial charge in [0.15, 0.2) is 0 Å². The van der Waals surface area contributed by atoms with E-state index in [1.54, 1.807) is 16.4 Å². The highest BCUT2D eigenvalue weighted by atomic mass is 35.5. The molecular formula is C29H45ClN4O5S. The number of carbonyl (C=O) groups excluding carboxylic acids is 2. The van der Waals surface area contributed by atoms with Gasteiger partial charge in [-0.2, -0.15) is 4.31 Å². The van der Waals surface area contributed by atoms with E-state index in [-0.39, 0.29) is 47.5 Å². The number of nitrogens with one attached hydrogen (secondary N) is 3. The maximum absolute atomic E-state index is 13.9. The Morgan fingerprint density at radius 3 is 2.52 bits per heavy atom. The SMILES string of the molecule is COC(=O)N[C@H](C(=O)N[C@H]1CCCC[C@@H]1CC[C@H]1CN[C@@H]2CCCS(=O)(=O)N1C2)[C@@H](c1ccc(Cl)cc1)C(C)C. The number of fused-ring (bicyclic) bond motifs is 2. The summed E-state index contributed by atoms with van der Waals surface area (Å²) < 4.78 is 32.5. The minimum atomic E-state index is -3.24. The zero-order chi connectivity index (χ0) is 28.9. The van der Waals surface area contributed by atoms with Crippen LogP contribution in [0.2, 0.25) is 5.02 Å². The van der Waals surface area contributed by atoms with Crippen LogP contribution in [0, 0.1) is 11.8 Å². The number of benzene rings is 1. The highest BCUT2D eigenvalue weighted by molar-refractivity contribution is 7.89. The van der Waals surface area contributed by atoms with Gasteiger partial charge in [-0.3, -0.25) is 4.79 Å². The summed E-state index contributed by atoms with van der Waals surface area (Å²) in [6.45, 7) is 5.29. The number of piperazine rings is 1. The zero-order valence-electron chi connectivity index (χ0n) is 23.9. The van der Waals surface area contributed by atoms with Crippen molar-refractivity contribution in [3.05, 3.63) is 34.9 Å². The van der Waals surface area contributed by atoms with Crippen LogP contribution in [0.3, 0.4) is 0 Å². The standard InChI is InChI=1S/C29H45ClN4O5S/c1-19(2)26(21-10-13-22(30)14-11-21)27(33-29(36)39-3)28(35)32-25-9-5-4-7-20(25)12-15-24-17-31-23-8-6-16-40(37,38)34(24)18-23/h10-11,13-14,19-20,23-27,31H,4-9,12,15-18H2,1-3H3,(H,32,35)(H,33,36)/t20-,23-,24+,25+,26-,27+/m1/s1. The van der Waals surface area contributed by atoms with Crippen molar-refractivity contribution in [1.82, 2.24) is 20.3 Å².